The fourth-order valence-electron chi connectivity index (χ4n) is 5.52. The van der Waals surface area contributed by atoms with Crippen molar-refractivity contribution in [2.75, 3.05) is 39.1 Å². The Morgan fingerprint density at radius 1 is 0.582 bits per heavy atom. The quantitative estimate of drug-likeness (QED) is 0.0836. The summed E-state index contributed by atoms with van der Waals surface area (Å²) in [6.45, 7) is 0.324. The average Bonchev–Trinajstić information content (AvgIpc) is 3.92. The molecule has 55 heavy (non-hydrogen) atoms. The fourth-order valence-corrected chi connectivity index (χ4v) is 5.52. The van der Waals surface area contributed by atoms with Gasteiger partial charge >= 0.3 is 11.8 Å². The first-order valence-corrected chi connectivity index (χ1v) is 16.5. The Hall–Kier alpha value is -7.50. The van der Waals surface area contributed by atoms with Crippen LogP contribution in [0.4, 0.5) is 17.5 Å². The second kappa shape index (κ2) is 16.4. The van der Waals surface area contributed by atoms with E-state index in [1.165, 1.54) is 40.4 Å². The standard InChI is InChI=1S/C37H35N9O9/c1-52-26-11-5-23(6-12-26)20-43-29(35(47)39-33-18-31(37(49)55-4)45(41-33)22-25-9-15-28(54-3)16-10-25)17-32(40-43)38-36(48)30-19-34(46(50)51)42-44(30)21-24-7-13-27(53-2)14-8-24/h5-19H,20-22H2,1-4H3,(H,38,40,48)(H,39,41,47). The zero-order valence-electron chi connectivity index (χ0n) is 30.1. The van der Waals surface area contributed by atoms with E-state index in [1.54, 1.807) is 74.9 Å². The van der Waals surface area contributed by atoms with Crippen molar-refractivity contribution >= 4 is 35.2 Å². The molecule has 2 amide bonds. The van der Waals surface area contributed by atoms with Crippen molar-refractivity contribution in [3.63, 3.8) is 0 Å². The smallest absolute Gasteiger partial charge is 0.390 e. The molecule has 2 N–H and O–H groups in total. The van der Waals surface area contributed by atoms with Gasteiger partial charge in [0.15, 0.2) is 17.3 Å². The van der Waals surface area contributed by atoms with Crippen molar-refractivity contribution < 1.29 is 38.3 Å². The van der Waals surface area contributed by atoms with Crippen molar-refractivity contribution in [2.24, 2.45) is 0 Å². The Labute approximate surface area is 313 Å². The van der Waals surface area contributed by atoms with Crippen LogP contribution < -0.4 is 24.8 Å². The van der Waals surface area contributed by atoms with E-state index in [0.717, 1.165) is 17.2 Å². The lowest BCUT2D eigenvalue weighted by Gasteiger charge is -2.08. The molecule has 0 spiro atoms. The largest absolute Gasteiger partial charge is 0.497 e. The molecule has 3 aromatic heterocycles. The van der Waals surface area contributed by atoms with Crippen LogP contribution in [0.3, 0.4) is 0 Å². The van der Waals surface area contributed by atoms with Gasteiger partial charge in [0.2, 0.25) is 0 Å². The van der Waals surface area contributed by atoms with Crippen LogP contribution in [-0.4, -0.2) is 80.5 Å². The van der Waals surface area contributed by atoms with Crippen LogP contribution in [-0.2, 0) is 24.4 Å². The first kappa shape index (κ1) is 37.3. The van der Waals surface area contributed by atoms with Gasteiger partial charge in [0, 0.05) is 12.1 Å². The number of methoxy groups -OCH3 is 4. The highest BCUT2D eigenvalue weighted by atomic mass is 16.6. The number of aromatic nitrogens is 6. The van der Waals surface area contributed by atoms with Crippen LogP contribution >= 0.6 is 0 Å². The van der Waals surface area contributed by atoms with Gasteiger partial charge in [-0.1, -0.05) is 36.4 Å². The van der Waals surface area contributed by atoms with Gasteiger partial charge in [-0.3, -0.25) is 19.0 Å². The molecular formula is C37H35N9O9. The molecule has 0 saturated carbocycles. The number of ether oxygens (including phenoxy) is 4. The molecule has 6 aromatic rings. The van der Waals surface area contributed by atoms with Gasteiger partial charge in [0.25, 0.3) is 11.8 Å². The molecule has 0 radical (unpaired) electrons. The molecule has 18 heteroatoms. The number of amides is 2. The lowest BCUT2D eigenvalue weighted by Crippen LogP contribution is -2.19. The van der Waals surface area contributed by atoms with Gasteiger partial charge in [0.05, 0.1) is 59.2 Å². The lowest BCUT2D eigenvalue weighted by molar-refractivity contribution is -0.389. The lowest BCUT2D eigenvalue weighted by atomic mass is 10.2. The highest BCUT2D eigenvalue weighted by Gasteiger charge is 2.26. The van der Waals surface area contributed by atoms with E-state index in [-0.39, 0.29) is 48.4 Å². The maximum Gasteiger partial charge on any atom is 0.390 e. The van der Waals surface area contributed by atoms with Crippen LogP contribution in [0, 0.1) is 10.1 Å². The summed E-state index contributed by atoms with van der Waals surface area (Å²) in [6.07, 6.45) is 0. The molecule has 282 valence electrons. The van der Waals surface area contributed by atoms with E-state index in [9.17, 15) is 24.5 Å². The Morgan fingerprint density at radius 2 is 0.945 bits per heavy atom. The van der Waals surface area contributed by atoms with E-state index in [1.807, 2.05) is 12.1 Å². The summed E-state index contributed by atoms with van der Waals surface area (Å²) in [5.41, 5.74) is 2.26. The number of anilines is 2. The zero-order valence-corrected chi connectivity index (χ0v) is 30.1. The SMILES string of the molecule is COC(=O)c1cc(NC(=O)c2cc(NC(=O)c3cc([N+](=O)[O-])nn3Cc3ccc(OC)cc3)nn2Cc2ccc(OC)cc2)nn1Cc1ccc(OC)cc1. The number of rotatable bonds is 15. The monoisotopic (exact) mass is 749 g/mol. The number of benzene rings is 3. The maximum atomic E-state index is 13.9. The number of hydrogen-bond donors (Lipinski definition) is 2. The van der Waals surface area contributed by atoms with Gasteiger partial charge in [-0.25, -0.2) is 4.79 Å². The van der Waals surface area contributed by atoms with E-state index < -0.39 is 28.5 Å². The van der Waals surface area contributed by atoms with Crippen molar-refractivity contribution in [3.05, 3.63) is 135 Å². The molecule has 0 bridgehead atoms. The molecule has 0 unspecified atom stereocenters. The second-order valence-electron chi connectivity index (χ2n) is 11.9. The normalized spacial score (nSPS) is 10.8. The molecule has 0 aliphatic carbocycles. The summed E-state index contributed by atoms with van der Waals surface area (Å²) >= 11 is 0. The number of esters is 1. The van der Waals surface area contributed by atoms with Gasteiger partial charge in [-0.05, 0) is 58.0 Å². The molecule has 6 rings (SSSR count). The number of nitro groups is 1. The number of nitrogens with one attached hydrogen (secondary N) is 2. The summed E-state index contributed by atoms with van der Waals surface area (Å²) < 4.78 is 24.6. The minimum absolute atomic E-state index is 0.0214. The summed E-state index contributed by atoms with van der Waals surface area (Å²) in [4.78, 5) is 51.2. The first-order valence-electron chi connectivity index (χ1n) is 16.5. The van der Waals surface area contributed by atoms with E-state index in [4.69, 9.17) is 18.9 Å². The van der Waals surface area contributed by atoms with Crippen LogP contribution in [0.15, 0.2) is 91.0 Å². The van der Waals surface area contributed by atoms with Crippen LogP contribution in [0.1, 0.15) is 48.2 Å². The summed E-state index contributed by atoms with van der Waals surface area (Å²) in [5, 5.41) is 30.0. The Balaban J connectivity index is 1.29. The molecule has 3 aromatic carbocycles. The Bertz CT molecular complexity index is 2330. The number of nitrogens with zero attached hydrogens (tertiary/aromatic N) is 7. The highest BCUT2D eigenvalue weighted by Crippen LogP contribution is 2.22. The number of carbonyl (C=O) groups is 3. The number of carbonyl (C=O) groups excluding carboxylic acids is 3. The minimum atomic E-state index is -0.754. The predicted molar refractivity (Wildman–Crippen MR) is 197 cm³/mol. The summed E-state index contributed by atoms with van der Waals surface area (Å²) in [5.74, 6) is -0.675. The first-order chi connectivity index (χ1) is 26.6. The zero-order chi connectivity index (χ0) is 39.1. The third kappa shape index (κ3) is 8.76. The van der Waals surface area contributed by atoms with Crippen molar-refractivity contribution in [2.45, 2.75) is 19.6 Å². The molecule has 18 nitrogen and oxygen atoms in total. The van der Waals surface area contributed by atoms with E-state index >= 15 is 0 Å². The molecule has 0 atom stereocenters. The topological polar surface area (TPSA) is 209 Å². The number of hydrogen-bond acceptors (Lipinski definition) is 12. The Morgan fingerprint density at radius 3 is 1.33 bits per heavy atom. The second-order valence-corrected chi connectivity index (χ2v) is 11.9. The molecule has 0 fully saturated rings. The Kier molecular flexibility index (Phi) is 11.1. The minimum Gasteiger partial charge on any atom is -0.497 e. The molecular weight excluding hydrogens is 714 g/mol. The van der Waals surface area contributed by atoms with E-state index in [0.29, 0.717) is 22.8 Å². The van der Waals surface area contributed by atoms with Crippen molar-refractivity contribution in [1.82, 2.24) is 29.3 Å². The van der Waals surface area contributed by atoms with Gasteiger partial charge in [-0.2, -0.15) is 14.9 Å². The van der Waals surface area contributed by atoms with Crippen LogP contribution in [0.5, 0.6) is 17.2 Å². The molecule has 0 aliphatic heterocycles. The molecule has 3 heterocycles. The van der Waals surface area contributed by atoms with Crippen molar-refractivity contribution in [3.8, 4) is 17.2 Å². The van der Waals surface area contributed by atoms with Crippen LogP contribution in [0.2, 0.25) is 0 Å². The third-order valence-corrected chi connectivity index (χ3v) is 8.33. The fraction of sp³-hybridized carbons (Fsp3) is 0.189. The van der Waals surface area contributed by atoms with Gasteiger partial charge in [-0.15, -0.1) is 0 Å². The molecule has 0 aliphatic rings. The van der Waals surface area contributed by atoms with Crippen LogP contribution in [0.25, 0.3) is 0 Å². The van der Waals surface area contributed by atoms with Gasteiger partial charge in [0.1, 0.15) is 28.6 Å². The predicted octanol–water partition coefficient (Wildman–Crippen LogP) is 4.65. The summed E-state index contributed by atoms with van der Waals surface area (Å²) in [6, 6.07) is 25.0. The van der Waals surface area contributed by atoms with Gasteiger partial charge < -0.3 is 39.7 Å². The molecule has 0 saturated heterocycles. The third-order valence-electron chi connectivity index (χ3n) is 8.33. The highest BCUT2D eigenvalue weighted by molar-refractivity contribution is 6.06. The average molecular weight is 750 g/mol. The summed E-state index contributed by atoms with van der Waals surface area (Å²) in [7, 11) is 5.87. The van der Waals surface area contributed by atoms with E-state index in [2.05, 4.69) is 25.9 Å². The maximum absolute atomic E-state index is 13.9. The van der Waals surface area contributed by atoms with Crippen molar-refractivity contribution in [1.29, 1.82) is 0 Å².